The van der Waals surface area contributed by atoms with Crippen LogP contribution in [-0.4, -0.2) is 10.9 Å². The minimum Gasteiger partial charge on any atom is -0.302 e. The zero-order chi connectivity index (χ0) is 17.6. The second kappa shape index (κ2) is 7.47. The van der Waals surface area contributed by atoms with E-state index in [0.717, 1.165) is 5.56 Å². The second-order valence-corrected chi connectivity index (χ2v) is 6.03. The molecule has 0 aliphatic carbocycles. The van der Waals surface area contributed by atoms with Gasteiger partial charge in [-0.3, -0.25) is 4.79 Å². The molecule has 0 fully saturated rings. The van der Waals surface area contributed by atoms with Gasteiger partial charge in [0, 0.05) is 12.5 Å². The van der Waals surface area contributed by atoms with Crippen LogP contribution >= 0.6 is 11.3 Å². The molecular formula is C18H13N5OS. The van der Waals surface area contributed by atoms with E-state index in [4.69, 9.17) is 5.26 Å². The van der Waals surface area contributed by atoms with Gasteiger partial charge in [-0.1, -0.05) is 53.8 Å². The number of nitriles is 1. The first-order chi connectivity index (χ1) is 12.2. The summed E-state index contributed by atoms with van der Waals surface area (Å²) in [7, 11) is 0. The molecule has 1 N–H and O–H groups in total. The van der Waals surface area contributed by atoms with Crippen molar-refractivity contribution in [1.82, 2.24) is 4.98 Å². The average Bonchev–Trinajstić information content (AvgIpc) is 3.03. The van der Waals surface area contributed by atoms with E-state index in [1.807, 2.05) is 30.3 Å². The Morgan fingerprint density at radius 2 is 1.84 bits per heavy atom. The van der Waals surface area contributed by atoms with Crippen molar-refractivity contribution in [1.29, 1.82) is 5.26 Å². The molecule has 0 unspecified atom stereocenters. The van der Waals surface area contributed by atoms with Crippen LogP contribution in [0.15, 0.2) is 64.8 Å². The molecule has 0 atom stereocenters. The molecule has 1 aromatic heterocycles. The molecular weight excluding hydrogens is 334 g/mol. The number of benzene rings is 2. The third-order valence-corrected chi connectivity index (χ3v) is 4.07. The zero-order valence-corrected chi connectivity index (χ0v) is 14.1. The standard InChI is InChI=1S/C18H13N5OS/c1-12(24)20-18-21-16(13-7-3-2-4-8-13)17(25-18)23-22-15-10-6-5-9-14(15)11-19/h2-10H,1H3,(H,20,21,24). The van der Waals surface area contributed by atoms with Gasteiger partial charge in [-0.05, 0) is 12.1 Å². The lowest BCUT2D eigenvalue weighted by Gasteiger charge is -1.98. The van der Waals surface area contributed by atoms with Gasteiger partial charge in [-0.15, -0.1) is 10.2 Å². The number of hydrogen-bond donors (Lipinski definition) is 1. The summed E-state index contributed by atoms with van der Waals surface area (Å²) < 4.78 is 0. The molecule has 7 heteroatoms. The van der Waals surface area contributed by atoms with Crippen molar-refractivity contribution in [3.8, 4) is 17.3 Å². The van der Waals surface area contributed by atoms with Crippen molar-refractivity contribution in [3.63, 3.8) is 0 Å². The highest BCUT2D eigenvalue weighted by Gasteiger charge is 2.14. The zero-order valence-electron chi connectivity index (χ0n) is 13.3. The van der Waals surface area contributed by atoms with Gasteiger partial charge >= 0.3 is 0 Å². The van der Waals surface area contributed by atoms with E-state index >= 15 is 0 Å². The Labute approximate surface area is 148 Å². The highest BCUT2D eigenvalue weighted by Crippen LogP contribution is 2.39. The van der Waals surface area contributed by atoms with Gasteiger partial charge in [0.2, 0.25) is 5.91 Å². The van der Waals surface area contributed by atoms with E-state index in [1.54, 1.807) is 24.3 Å². The molecule has 0 aliphatic rings. The Balaban J connectivity index is 2.02. The van der Waals surface area contributed by atoms with Crippen LogP contribution in [0.2, 0.25) is 0 Å². The van der Waals surface area contributed by atoms with Gasteiger partial charge < -0.3 is 5.32 Å². The summed E-state index contributed by atoms with van der Waals surface area (Å²) in [6.45, 7) is 1.42. The minimum absolute atomic E-state index is 0.202. The number of thiazole rings is 1. The number of hydrogen-bond acceptors (Lipinski definition) is 6. The Hall–Kier alpha value is -3.37. The van der Waals surface area contributed by atoms with Crippen LogP contribution in [-0.2, 0) is 4.79 Å². The molecule has 0 saturated carbocycles. The second-order valence-electron chi connectivity index (χ2n) is 5.05. The monoisotopic (exact) mass is 347 g/mol. The summed E-state index contributed by atoms with van der Waals surface area (Å²) in [6.07, 6.45) is 0. The van der Waals surface area contributed by atoms with Crippen LogP contribution in [0.1, 0.15) is 12.5 Å². The van der Waals surface area contributed by atoms with Crippen LogP contribution in [0.3, 0.4) is 0 Å². The summed E-state index contributed by atoms with van der Waals surface area (Å²) in [5.74, 6) is -0.202. The molecule has 6 nitrogen and oxygen atoms in total. The Morgan fingerprint density at radius 3 is 2.56 bits per heavy atom. The van der Waals surface area contributed by atoms with Gasteiger partial charge in [0.15, 0.2) is 10.1 Å². The molecule has 2 aromatic carbocycles. The smallest absolute Gasteiger partial charge is 0.223 e. The molecule has 25 heavy (non-hydrogen) atoms. The fourth-order valence-electron chi connectivity index (χ4n) is 2.12. The maximum Gasteiger partial charge on any atom is 0.223 e. The summed E-state index contributed by atoms with van der Waals surface area (Å²) in [5.41, 5.74) is 2.43. The topological polar surface area (TPSA) is 90.5 Å². The lowest BCUT2D eigenvalue weighted by molar-refractivity contribution is -0.114. The van der Waals surface area contributed by atoms with Crippen molar-refractivity contribution in [2.75, 3.05) is 5.32 Å². The van der Waals surface area contributed by atoms with E-state index < -0.39 is 0 Å². The highest BCUT2D eigenvalue weighted by atomic mass is 32.1. The summed E-state index contributed by atoms with van der Waals surface area (Å²) in [6, 6.07) is 18.6. The number of anilines is 1. The normalized spacial score (nSPS) is 10.6. The number of carbonyl (C=O) groups is 1. The number of nitrogens with zero attached hydrogens (tertiary/aromatic N) is 4. The number of carbonyl (C=O) groups excluding carboxylic acids is 1. The molecule has 0 bridgehead atoms. The third-order valence-electron chi connectivity index (χ3n) is 3.21. The van der Waals surface area contributed by atoms with Gasteiger partial charge in [0.25, 0.3) is 0 Å². The molecule has 0 saturated heterocycles. The van der Waals surface area contributed by atoms with Crippen molar-refractivity contribution >= 4 is 33.1 Å². The average molecular weight is 347 g/mol. The largest absolute Gasteiger partial charge is 0.302 e. The van der Waals surface area contributed by atoms with Gasteiger partial charge in [-0.25, -0.2) is 4.98 Å². The van der Waals surface area contributed by atoms with E-state index in [1.165, 1.54) is 18.3 Å². The number of amides is 1. The van der Waals surface area contributed by atoms with Crippen LogP contribution in [0.4, 0.5) is 15.8 Å². The predicted molar refractivity (Wildman–Crippen MR) is 97.2 cm³/mol. The minimum atomic E-state index is -0.202. The first-order valence-corrected chi connectivity index (χ1v) is 8.23. The molecule has 3 rings (SSSR count). The third kappa shape index (κ3) is 3.94. The summed E-state index contributed by atoms with van der Waals surface area (Å²) >= 11 is 1.23. The van der Waals surface area contributed by atoms with Crippen LogP contribution in [0.25, 0.3) is 11.3 Å². The molecule has 3 aromatic rings. The molecule has 0 aliphatic heterocycles. The summed E-state index contributed by atoms with van der Waals surface area (Å²) in [5, 5.41) is 21.3. The Morgan fingerprint density at radius 1 is 1.12 bits per heavy atom. The SMILES string of the molecule is CC(=O)Nc1nc(-c2ccccc2)c(N=Nc2ccccc2C#N)s1. The quantitative estimate of drug-likeness (QED) is 0.669. The van der Waals surface area contributed by atoms with Crippen LogP contribution in [0, 0.1) is 11.3 Å². The lowest BCUT2D eigenvalue weighted by atomic mass is 10.2. The van der Waals surface area contributed by atoms with Gasteiger partial charge in [-0.2, -0.15) is 5.26 Å². The first kappa shape index (κ1) is 16.5. The Bertz CT molecular complexity index is 973. The molecule has 1 amide bonds. The van der Waals surface area contributed by atoms with Gasteiger partial charge in [0.05, 0.1) is 5.56 Å². The van der Waals surface area contributed by atoms with Crippen molar-refractivity contribution < 1.29 is 4.79 Å². The molecule has 0 radical (unpaired) electrons. The number of rotatable bonds is 4. The number of azo groups is 1. The number of aromatic nitrogens is 1. The highest BCUT2D eigenvalue weighted by molar-refractivity contribution is 7.19. The van der Waals surface area contributed by atoms with Crippen molar-refractivity contribution in [2.24, 2.45) is 10.2 Å². The van der Waals surface area contributed by atoms with E-state index in [-0.39, 0.29) is 5.91 Å². The lowest BCUT2D eigenvalue weighted by Crippen LogP contribution is -2.04. The van der Waals surface area contributed by atoms with Crippen LogP contribution < -0.4 is 5.32 Å². The molecule has 1 heterocycles. The molecule has 0 spiro atoms. The fourth-order valence-corrected chi connectivity index (χ4v) is 2.98. The van der Waals surface area contributed by atoms with Crippen LogP contribution in [0.5, 0.6) is 0 Å². The Kier molecular flexibility index (Phi) is 4.92. The maximum absolute atomic E-state index is 11.3. The van der Waals surface area contributed by atoms with E-state index in [9.17, 15) is 4.79 Å². The first-order valence-electron chi connectivity index (χ1n) is 7.42. The van der Waals surface area contributed by atoms with Crippen molar-refractivity contribution in [2.45, 2.75) is 6.92 Å². The van der Waals surface area contributed by atoms with Crippen molar-refractivity contribution in [3.05, 3.63) is 60.2 Å². The predicted octanol–water partition coefficient (Wildman–Crippen LogP) is 5.06. The molecule has 122 valence electrons. The van der Waals surface area contributed by atoms with E-state index in [0.29, 0.717) is 27.1 Å². The fraction of sp³-hybridized carbons (Fsp3) is 0.0556. The number of nitrogens with one attached hydrogen (secondary N) is 1. The summed E-state index contributed by atoms with van der Waals surface area (Å²) in [4.78, 5) is 15.7. The van der Waals surface area contributed by atoms with E-state index in [2.05, 4.69) is 26.6 Å². The maximum atomic E-state index is 11.3. The van der Waals surface area contributed by atoms with Gasteiger partial charge in [0.1, 0.15) is 17.5 Å².